The number of hydrogen-bond donors (Lipinski definition) is 3. The zero-order chi connectivity index (χ0) is 15.0. The molecule has 0 saturated heterocycles. The molecule has 1 amide bonds. The summed E-state index contributed by atoms with van der Waals surface area (Å²) in [4.78, 5) is 23.3. The summed E-state index contributed by atoms with van der Waals surface area (Å²) < 4.78 is 0. The molecule has 7 heteroatoms. The molecule has 6 nitrogen and oxygen atoms in total. The van der Waals surface area contributed by atoms with Crippen molar-refractivity contribution in [1.29, 1.82) is 0 Å². The van der Waals surface area contributed by atoms with Gasteiger partial charge in [0.2, 0.25) is 0 Å². The number of nitrogen functional groups attached to an aromatic ring is 1. The summed E-state index contributed by atoms with van der Waals surface area (Å²) in [5.74, 6) is -0.566. The number of nitrogens with zero attached hydrogens (tertiary/aromatic N) is 2. The first-order valence-electron chi connectivity index (χ1n) is 6.22. The van der Waals surface area contributed by atoms with Crippen molar-refractivity contribution in [2.75, 3.05) is 5.73 Å². The van der Waals surface area contributed by atoms with Gasteiger partial charge in [0.1, 0.15) is 5.03 Å². The largest absolute Gasteiger partial charge is 0.397 e. The number of amides is 1. The Balaban J connectivity index is 2.00. The maximum absolute atomic E-state index is 11.5. The molecule has 1 aromatic carbocycles. The molecule has 5 N–H and O–H groups in total. The first-order chi connectivity index (χ1) is 10.0. The Labute approximate surface area is 125 Å². The Morgan fingerprint density at radius 3 is 2.90 bits per heavy atom. The molecule has 0 fully saturated rings. The number of primary amides is 1. The first kappa shape index (κ1) is 13.4. The van der Waals surface area contributed by atoms with Crippen molar-refractivity contribution in [3.63, 3.8) is 0 Å². The minimum Gasteiger partial charge on any atom is -0.397 e. The number of anilines is 1. The molecular weight excluding hydrogens is 286 g/mol. The number of benzene rings is 1. The Morgan fingerprint density at radius 1 is 1.33 bits per heavy atom. The van der Waals surface area contributed by atoms with Gasteiger partial charge >= 0.3 is 0 Å². The van der Waals surface area contributed by atoms with Crippen molar-refractivity contribution < 1.29 is 4.79 Å². The first-order valence-corrected chi connectivity index (χ1v) is 7.04. The molecular formula is C14H13N5OS. The molecule has 0 bridgehead atoms. The Morgan fingerprint density at radius 2 is 2.14 bits per heavy atom. The van der Waals surface area contributed by atoms with Crippen LogP contribution in [0.15, 0.2) is 40.6 Å². The van der Waals surface area contributed by atoms with Crippen LogP contribution in [-0.2, 0) is 0 Å². The number of pyridine rings is 1. The van der Waals surface area contributed by atoms with E-state index < -0.39 is 5.91 Å². The molecule has 3 rings (SSSR count). The molecule has 0 saturated carbocycles. The molecule has 0 aliphatic heterocycles. The second-order valence-electron chi connectivity index (χ2n) is 4.65. The van der Waals surface area contributed by atoms with E-state index in [1.165, 1.54) is 24.0 Å². The van der Waals surface area contributed by atoms with E-state index in [1.807, 2.05) is 25.1 Å². The van der Waals surface area contributed by atoms with Gasteiger partial charge in [0.15, 0.2) is 5.16 Å². The highest BCUT2D eigenvalue weighted by molar-refractivity contribution is 7.99. The van der Waals surface area contributed by atoms with Gasteiger partial charge in [-0.15, -0.1) is 0 Å². The Kier molecular flexibility index (Phi) is 3.26. The topological polar surface area (TPSA) is 111 Å². The fraction of sp³-hybridized carbons (Fsp3) is 0.0714. The van der Waals surface area contributed by atoms with E-state index in [9.17, 15) is 4.79 Å². The average molecular weight is 299 g/mol. The van der Waals surface area contributed by atoms with Crippen LogP contribution in [0.5, 0.6) is 0 Å². The van der Waals surface area contributed by atoms with Crippen molar-refractivity contribution in [2.45, 2.75) is 17.1 Å². The summed E-state index contributed by atoms with van der Waals surface area (Å²) in [6.45, 7) is 2.01. The number of nitrogens with two attached hydrogens (primary N) is 2. The summed E-state index contributed by atoms with van der Waals surface area (Å²) in [7, 11) is 0. The lowest BCUT2D eigenvalue weighted by molar-refractivity contribution is 0.0997. The van der Waals surface area contributed by atoms with Crippen LogP contribution in [-0.4, -0.2) is 20.9 Å². The lowest BCUT2D eigenvalue weighted by Crippen LogP contribution is -2.13. The van der Waals surface area contributed by atoms with Crippen LogP contribution < -0.4 is 11.5 Å². The minimum atomic E-state index is -0.566. The number of aromatic nitrogens is 3. The van der Waals surface area contributed by atoms with Crippen LogP contribution in [0.25, 0.3) is 11.0 Å². The number of carbonyl (C=O) groups excluding carboxylic acids is 1. The molecule has 3 aromatic rings. The van der Waals surface area contributed by atoms with E-state index in [0.29, 0.717) is 15.9 Å². The number of rotatable bonds is 3. The molecule has 21 heavy (non-hydrogen) atoms. The van der Waals surface area contributed by atoms with Crippen LogP contribution in [0.2, 0.25) is 0 Å². The van der Waals surface area contributed by atoms with Gasteiger partial charge in [-0.25, -0.2) is 9.97 Å². The normalized spacial score (nSPS) is 10.9. The van der Waals surface area contributed by atoms with Crippen LogP contribution >= 0.6 is 11.8 Å². The molecule has 0 spiro atoms. The molecule has 0 aliphatic carbocycles. The quantitative estimate of drug-likeness (QED) is 0.686. The zero-order valence-corrected chi connectivity index (χ0v) is 12.1. The number of nitrogens with one attached hydrogen (secondary N) is 1. The van der Waals surface area contributed by atoms with Gasteiger partial charge in [-0.05, 0) is 42.4 Å². The van der Waals surface area contributed by atoms with E-state index in [0.717, 1.165) is 16.6 Å². The van der Waals surface area contributed by atoms with Gasteiger partial charge in [-0.1, -0.05) is 6.07 Å². The van der Waals surface area contributed by atoms with E-state index in [1.54, 1.807) is 0 Å². The highest BCUT2D eigenvalue weighted by Crippen LogP contribution is 2.29. The highest BCUT2D eigenvalue weighted by atomic mass is 32.2. The van der Waals surface area contributed by atoms with Gasteiger partial charge in [-0.3, -0.25) is 4.79 Å². The smallest absolute Gasteiger partial charge is 0.251 e. The highest BCUT2D eigenvalue weighted by Gasteiger charge is 2.14. The standard InChI is InChI=1S/C14H13N5OS/c1-7-2-3-10-11(4-7)19-14(18-10)21-13-9(12(16)20)5-8(15)6-17-13/h2-6H,15H2,1H3,(H2,16,20)(H,18,19). The Bertz CT molecular complexity index is 842. The summed E-state index contributed by atoms with van der Waals surface area (Å²) in [5.41, 5.74) is 14.6. The van der Waals surface area contributed by atoms with Gasteiger partial charge in [0, 0.05) is 0 Å². The van der Waals surface area contributed by atoms with Crippen molar-refractivity contribution in [3.05, 3.63) is 41.6 Å². The van der Waals surface area contributed by atoms with Crippen LogP contribution in [0.4, 0.5) is 5.69 Å². The molecule has 0 aliphatic rings. The summed E-state index contributed by atoms with van der Waals surface area (Å²) in [5, 5.41) is 1.13. The lowest BCUT2D eigenvalue weighted by atomic mass is 10.2. The summed E-state index contributed by atoms with van der Waals surface area (Å²) in [6, 6.07) is 7.47. The third-order valence-corrected chi connectivity index (χ3v) is 3.85. The third-order valence-electron chi connectivity index (χ3n) is 2.95. The molecule has 2 aromatic heterocycles. The molecule has 106 valence electrons. The molecule has 0 unspecified atom stereocenters. The SMILES string of the molecule is Cc1ccc2nc(Sc3ncc(N)cc3C(N)=O)[nH]c2c1. The zero-order valence-electron chi connectivity index (χ0n) is 11.3. The number of hydrogen-bond acceptors (Lipinski definition) is 5. The number of H-pyrrole nitrogens is 1. The van der Waals surface area contributed by atoms with Crippen molar-refractivity contribution in [1.82, 2.24) is 15.0 Å². The second-order valence-corrected chi connectivity index (χ2v) is 5.63. The van der Waals surface area contributed by atoms with Crippen LogP contribution in [0.1, 0.15) is 15.9 Å². The van der Waals surface area contributed by atoms with Crippen molar-refractivity contribution in [3.8, 4) is 0 Å². The number of fused-ring (bicyclic) bond motifs is 1. The Hall–Kier alpha value is -2.54. The average Bonchev–Trinajstić information content (AvgIpc) is 2.82. The summed E-state index contributed by atoms with van der Waals surface area (Å²) in [6.07, 6.45) is 1.49. The third kappa shape index (κ3) is 2.68. The minimum absolute atomic E-state index is 0.289. The number of aromatic amines is 1. The molecule has 0 atom stereocenters. The second kappa shape index (κ2) is 5.10. The predicted molar refractivity (Wildman–Crippen MR) is 82.1 cm³/mol. The van der Waals surface area contributed by atoms with Crippen LogP contribution in [0.3, 0.4) is 0 Å². The van der Waals surface area contributed by atoms with E-state index in [4.69, 9.17) is 11.5 Å². The van der Waals surface area contributed by atoms with Gasteiger partial charge in [0.05, 0.1) is 28.5 Å². The fourth-order valence-corrected chi connectivity index (χ4v) is 2.83. The number of carbonyl (C=O) groups is 1. The lowest BCUT2D eigenvalue weighted by Gasteiger charge is -2.04. The maximum atomic E-state index is 11.5. The monoisotopic (exact) mass is 299 g/mol. The fourth-order valence-electron chi connectivity index (χ4n) is 1.97. The molecule has 2 heterocycles. The number of imidazole rings is 1. The number of aryl methyl sites for hydroxylation is 1. The van der Waals surface area contributed by atoms with Gasteiger partial charge < -0.3 is 16.5 Å². The van der Waals surface area contributed by atoms with Gasteiger partial charge in [0.25, 0.3) is 5.91 Å². The van der Waals surface area contributed by atoms with E-state index in [-0.39, 0.29) is 5.56 Å². The van der Waals surface area contributed by atoms with Crippen LogP contribution in [0, 0.1) is 6.92 Å². The predicted octanol–water partition coefficient (Wildman–Crippen LogP) is 2.10. The maximum Gasteiger partial charge on any atom is 0.251 e. The van der Waals surface area contributed by atoms with Crippen molar-refractivity contribution >= 4 is 34.4 Å². The molecule has 0 radical (unpaired) electrons. The van der Waals surface area contributed by atoms with E-state index >= 15 is 0 Å². The van der Waals surface area contributed by atoms with Gasteiger partial charge in [-0.2, -0.15) is 0 Å². The van der Waals surface area contributed by atoms with Crippen molar-refractivity contribution in [2.24, 2.45) is 5.73 Å². The summed E-state index contributed by atoms with van der Waals surface area (Å²) >= 11 is 1.25. The van der Waals surface area contributed by atoms with E-state index in [2.05, 4.69) is 15.0 Å².